The molecule has 0 aliphatic rings. The van der Waals surface area contributed by atoms with Crippen LogP contribution in [0.2, 0.25) is 0 Å². The Kier molecular flexibility index (Phi) is 49.1. The van der Waals surface area contributed by atoms with Gasteiger partial charge in [0.1, 0.15) is 13.2 Å². The Balaban J connectivity index is 4.25. The molecule has 1 atom stereocenters. The third kappa shape index (κ3) is 49.4. The third-order valence-corrected chi connectivity index (χ3v) is 12.8. The van der Waals surface area contributed by atoms with E-state index in [1.807, 2.05) is 0 Å². The summed E-state index contributed by atoms with van der Waals surface area (Å²) in [7, 11) is 0. The SMILES string of the molecule is CCCCCCCCCCCCCCCCCCC(=O)OC[C@H](COC(=O)CCCCCCCCCCCC)OC(=O)CCCCCCCCCCCCCCCCCC(C)C. The van der Waals surface area contributed by atoms with Crippen molar-refractivity contribution in [2.24, 2.45) is 5.92 Å². The smallest absolute Gasteiger partial charge is 0.306 e. The second-order valence-corrected chi connectivity index (χ2v) is 19.7. The Morgan fingerprint density at radius 2 is 0.532 bits per heavy atom. The molecule has 368 valence electrons. The molecule has 0 aromatic carbocycles. The maximum absolute atomic E-state index is 12.8. The molecule has 0 aliphatic heterocycles. The molecule has 0 heterocycles. The highest BCUT2D eigenvalue weighted by molar-refractivity contribution is 5.71. The van der Waals surface area contributed by atoms with Gasteiger partial charge in [-0.25, -0.2) is 0 Å². The summed E-state index contributed by atoms with van der Waals surface area (Å²) < 4.78 is 16.8. The van der Waals surface area contributed by atoms with Crippen LogP contribution in [0.1, 0.15) is 317 Å². The molecular formula is C56H108O6. The van der Waals surface area contributed by atoms with Crippen molar-refractivity contribution in [3.8, 4) is 0 Å². The average Bonchev–Trinajstić information content (AvgIpc) is 3.26. The number of rotatable bonds is 51. The van der Waals surface area contributed by atoms with Crippen molar-refractivity contribution in [1.82, 2.24) is 0 Å². The van der Waals surface area contributed by atoms with Crippen LogP contribution in [0.5, 0.6) is 0 Å². The Hall–Kier alpha value is -1.59. The normalized spacial score (nSPS) is 12.0. The molecule has 0 spiro atoms. The Morgan fingerprint density at radius 3 is 0.790 bits per heavy atom. The van der Waals surface area contributed by atoms with E-state index in [9.17, 15) is 14.4 Å². The Labute approximate surface area is 387 Å². The molecule has 0 saturated heterocycles. The maximum atomic E-state index is 12.8. The van der Waals surface area contributed by atoms with Gasteiger partial charge in [-0.15, -0.1) is 0 Å². The van der Waals surface area contributed by atoms with Crippen LogP contribution in [-0.2, 0) is 28.6 Å². The van der Waals surface area contributed by atoms with E-state index in [0.29, 0.717) is 19.3 Å². The fraction of sp³-hybridized carbons (Fsp3) is 0.946. The number of ether oxygens (including phenoxy) is 3. The minimum atomic E-state index is -0.761. The standard InChI is InChI=1S/C56H108O6/c1-5-7-9-11-13-15-17-18-19-22-25-28-32-36-40-44-48-55(58)61-51-53(50-60-54(57)47-43-39-35-31-16-14-12-10-8-6-2)62-56(59)49-45-41-37-33-29-26-23-20-21-24-27-30-34-38-42-46-52(3)4/h52-53H,5-51H2,1-4H3/t53-/m0/s1. The summed E-state index contributed by atoms with van der Waals surface area (Å²) in [6.07, 6.45) is 53.8. The first-order valence-electron chi connectivity index (χ1n) is 27.9. The molecule has 0 bridgehead atoms. The van der Waals surface area contributed by atoms with Crippen molar-refractivity contribution in [2.45, 2.75) is 323 Å². The predicted molar refractivity (Wildman–Crippen MR) is 266 cm³/mol. The molecule has 0 unspecified atom stereocenters. The predicted octanol–water partition coefficient (Wildman–Crippen LogP) is 18.2. The number of carbonyl (C=O) groups is 3. The van der Waals surface area contributed by atoms with E-state index in [0.717, 1.165) is 63.7 Å². The number of hydrogen-bond donors (Lipinski definition) is 0. The molecule has 0 aromatic rings. The van der Waals surface area contributed by atoms with E-state index in [1.165, 1.54) is 212 Å². The zero-order valence-corrected chi connectivity index (χ0v) is 42.3. The van der Waals surface area contributed by atoms with Gasteiger partial charge in [-0.2, -0.15) is 0 Å². The van der Waals surface area contributed by atoms with Crippen LogP contribution >= 0.6 is 0 Å². The maximum Gasteiger partial charge on any atom is 0.306 e. The van der Waals surface area contributed by atoms with Gasteiger partial charge in [0, 0.05) is 19.3 Å². The Bertz CT molecular complexity index is 933. The number of esters is 3. The molecule has 0 N–H and O–H groups in total. The molecule has 0 rings (SSSR count). The molecule has 0 aromatic heterocycles. The second-order valence-electron chi connectivity index (χ2n) is 19.7. The zero-order chi connectivity index (χ0) is 45.2. The lowest BCUT2D eigenvalue weighted by atomic mass is 10.0. The second kappa shape index (κ2) is 50.4. The molecule has 0 radical (unpaired) electrons. The first-order valence-corrected chi connectivity index (χ1v) is 27.9. The van der Waals surface area contributed by atoms with Gasteiger partial charge in [0.2, 0.25) is 0 Å². The monoisotopic (exact) mass is 877 g/mol. The summed E-state index contributed by atoms with van der Waals surface area (Å²) >= 11 is 0. The summed E-state index contributed by atoms with van der Waals surface area (Å²) in [5.74, 6) is 0.00832. The van der Waals surface area contributed by atoms with E-state index in [1.54, 1.807) is 0 Å². The molecule has 62 heavy (non-hydrogen) atoms. The molecule has 0 fully saturated rings. The molecule has 0 aliphatic carbocycles. The van der Waals surface area contributed by atoms with Crippen molar-refractivity contribution in [1.29, 1.82) is 0 Å². The highest BCUT2D eigenvalue weighted by Gasteiger charge is 2.19. The van der Waals surface area contributed by atoms with Crippen molar-refractivity contribution < 1.29 is 28.6 Å². The van der Waals surface area contributed by atoms with Crippen LogP contribution in [0.15, 0.2) is 0 Å². The minimum Gasteiger partial charge on any atom is -0.462 e. The fourth-order valence-electron chi connectivity index (χ4n) is 8.57. The van der Waals surface area contributed by atoms with Gasteiger partial charge in [-0.05, 0) is 25.2 Å². The highest BCUT2D eigenvalue weighted by atomic mass is 16.6. The lowest BCUT2D eigenvalue weighted by Crippen LogP contribution is -2.30. The van der Waals surface area contributed by atoms with E-state index in [2.05, 4.69) is 27.7 Å². The van der Waals surface area contributed by atoms with Crippen molar-refractivity contribution in [3.63, 3.8) is 0 Å². The van der Waals surface area contributed by atoms with Crippen molar-refractivity contribution >= 4 is 17.9 Å². The topological polar surface area (TPSA) is 78.9 Å². The van der Waals surface area contributed by atoms with Gasteiger partial charge in [0.25, 0.3) is 0 Å². The number of carbonyl (C=O) groups excluding carboxylic acids is 3. The van der Waals surface area contributed by atoms with Crippen LogP contribution in [0.3, 0.4) is 0 Å². The summed E-state index contributed by atoms with van der Waals surface area (Å²) in [5, 5.41) is 0. The first-order chi connectivity index (χ1) is 30.4. The third-order valence-electron chi connectivity index (χ3n) is 12.8. The first kappa shape index (κ1) is 60.4. The van der Waals surface area contributed by atoms with Crippen LogP contribution in [0.4, 0.5) is 0 Å². The highest BCUT2D eigenvalue weighted by Crippen LogP contribution is 2.18. The van der Waals surface area contributed by atoms with Gasteiger partial charge < -0.3 is 14.2 Å². The van der Waals surface area contributed by atoms with Gasteiger partial charge >= 0.3 is 17.9 Å². The summed E-state index contributed by atoms with van der Waals surface area (Å²) in [5.41, 5.74) is 0. The lowest BCUT2D eigenvalue weighted by molar-refractivity contribution is -0.167. The van der Waals surface area contributed by atoms with Gasteiger partial charge in [0.05, 0.1) is 0 Å². The quantitative estimate of drug-likeness (QED) is 0.0344. The van der Waals surface area contributed by atoms with E-state index < -0.39 is 6.10 Å². The van der Waals surface area contributed by atoms with E-state index >= 15 is 0 Å². The van der Waals surface area contributed by atoms with Crippen molar-refractivity contribution in [3.05, 3.63) is 0 Å². The summed E-state index contributed by atoms with van der Waals surface area (Å²) in [4.78, 5) is 38.0. The number of unbranched alkanes of at least 4 members (excludes halogenated alkanes) is 38. The van der Waals surface area contributed by atoms with E-state index in [-0.39, 0.29) is 31.1 Å². The lowest BCUT2D eigenvalue weighted by Gasteiger charge is -2.18. The van der Waals surface area contributed by atoms with Crippen LogP contribution < -0.4 is 0 Å². The largest absolute Gasteiger partial charge is 0.462 e. The molecule has 6 heteroatoms. The Morgan fingerprint density at radius 1 is 0.306 bits per heavy atom. The van der Waals surface area contributed by atoms with Crippen molar-refractivity contribution in [2.75, 3.05) is 13.2 Å². The number of hydrogen-bond acceptors (Lipinski definition) is 6. The zero-order valence-electron chi connectivity index (χ0n) is 42.3. The fourth-order valence-corrected chi connectivity index (χ4v) is 8.57. The summed E-state index contributed by atoms with van der Waals surface area (Å²) in [6, 6.07) is 0. The summed E-state index contributed by atoms with van der Waals surface area (Å²) in [6.45, 7) is 9.05. The van der Waals surface area contributed by atoms with E-state index in [4.69, 9.17) is 14.2 Å². The molecular weight excluding hydrogens is 769 g/mol. The van der Waals surface area contributed by atoms with Crippen LogP contribution in [0.25, 0.3) is 0 Å². The molecule has 0 saturated carbocycles. The molecule has 6 nitrogen and oxygen atoms in total. The van der Waals surface area contributed by atoms with Gasteiger partial charge in [-0.3, -0.25) is 14.4 Å². The van der Waals surface area contributed by atoms with Gasteiger partial charge in [0.15, 0.2) is 6.10 Å². The van der Waals surface area contributed by atoms with Crippen LogP contribution in [0, 0.1) is 5.92 Å². The van der Waals surface area contributed by atoms with Crippen LogP contribution in [-0.4, -0.2) is 37.2 Å². The average molecular weight is 877 g/mol. The van der Waals surface area contributed by atoms with Gasteiger partial charge in [-0.1, -0.05) is 278 Å². The molecule has 0 amide bonds. The minimum absolute atomic E-state index is 0.0621.